The van der Waals surface area contributed by atoms with Crippen LogP contribution in [0.25, 0.3) is 27.4 Å². The standard InChI is InChI=1S/C25H22ClN5O2S/c1-15(2)30(14-22-27-28-23(33-22)18-11-7-8-12-20(18)26)24(32)21-13-19-16(3)29-31(25(19)34-21)17-9-5-4-6-10-17/h4-13,15H,14H2,1-3H3. The highest BCUT2D eigenvalue weighted by Gasteiger charge is 2.25. The summed E-state index contributed by atoms with van der Waals surface area (Å²) < 4.78 is 7.73. The second-order valence-corrected chi connectivity index (χ2v) is 9.61. The molecule has 3 heterocycles. The predicted molar refractivity (Wildman–Crippen MR) is 133 cm³/mol. The first-order chi connectivity index (χ1) is 16.4. The summed E-state index contributed by atoms with van der Waals surface area (Å²) in [5.74, 6) is 0.592. The van der Waals surface area contributed by atoms with Gasteiger partial charge in [-0.05, 0) is 51.1 Å². The summed E-state index contributed by atoms with van der Waals surface area (Å²) in [4.78, 5) is 16.8. The van der Waals surface area contributed by atoms with Crippen LogP contribution in [0.1, 0.15) is 35.1 Å². The summed E-state index contributed by atoms with van der Waals surface area (Å²) in [6, 6.07) is 19.0. The Morgan fingerprint density at radius 2 is 1.85 bits per heavy atom. The molecule has 7 nitrogen and oxygen atoms in total. The number of fused-ring (bicyclic) bond motifs is 1. The van der Waals surface area contributed by atoms with E-state index in [4.69, 9.17) is 16.0 Å². The maximum Gasteiger partial charge on any atom is 0.264 e. The SMILES string of the molecule is Cc1nn(-c2ccccc2)c2sc(C(=O)N(Cc3nnc(-c4ccccc4Cl)o3)C(C)C)cc12. The summed E-state index contributed by atoms with van der Waals surface area (Å²) in [5.41, 5.74) is 2.50. The van der Waals surface area contributed by atoms with E-state index >= 15 is 0 Å². The number of amides is 1. The molecule has 0 N–H and O–H groups in total. The molecule has 34 heavy (non-hydrogen) atoms. The van der Waals surface area contributed by atoms with Crippen LogP contribution in [-0.4, -0.2) is 36.8 Å². The first-order valence-corrected chi connectivity index (χ1v) is 12.0. The molecule has 0 saturated heterocycles. The lowest BCUT2D eigenvalue weighted by molar-refractivity contribution is 0.0677. The molecule has 0 aliphatic rings. The smallest absolute Gasteiger partial charge is 0.264 e. The van der Waals surface area contributed by atoms with Crippen LogP contribution in [0, 0.1) is 6.92 Å². The van der Waals surface area contributed by atoms with E-state index in [9.17, 15) is 4.79 Å². The number of hydrogen-bond acceptors (Lipinski definition) is 6. The van der Waals surface area contributed by atoms with E-state index in [0.29, 0.717) is 27.2 Å². The van der Waals surface area contributed by atoms with Crippen molar-refractivity contribution >= 4 is 39.1 Å². The number of halogens is 1. The van der Waals surface area contributed by atoms with Crippen LogP contribution in [0.15, 0.2) is 65.1 Å². The van der Waals surface area contributed by atoms with E-state index < -0.39 is 0 Å². The number of hydrogen-bond donors (Lipinski definition) is 0. The van der Waals surface area contributed by atoms with Gasteiger partial charge in [0, 0.05) is 11.4 Å². The van der Waals surface area contributed by atoms with Crippen LogP contribution in [0.3, 0.4) is 0 Å². The van der Waals surface area contributed by atoms with Gasteiger partial charge in [-0.15, -0.1) is 21.5 Å². The van der Waals surface area contributed by atoms with Crippen molar-refractivity contribution in [3.63, 3.8) is 0 Å². The molecule has 0 spiro atoms. The summed E-state index contributed by atoms with van der Waals surface area (Å²) in [7, 11) is 0. The third kappa shape index (κ3) is 4.10. The zero-order valence-electron chi connectivity index (χ0n) is 18.9. The Morgan fingerprint density at radius 3 is 2.59 bits per heavy atom. The number of carbonyl (C=O) groups excluding carboxylic acids is 1. The van der Waals surface area contributed by atoms with E-state index in [2.05, 4.69) is 15.3 Å². The quantitative estimate of drug-likeness (QED) is 0.284. The van der Waals surface area contributed by atoms with E-state index in [1.54, 1.807) is 11.0 Å². The molecule has 3 aromatic heterocycles. The highest BCUT2D eigenvalue weighted by molar-refractivity contribution is 7.20. The van der Waals surface area contributed by atoms with E-state index in [1.165, 1.54) is 11.3 Å². The highest BCUT2D eigenvalue weighted by atomic mass is 35.5. The molecule has 0 unspecified atom stereocenters. The van der Waals surface area contributed by atoms with Crippen LogP contribution in [0.4, 0.5) is 0 Å². The van der Waals surface area contributed by atoms with Gasteiger partial charge in [0.05, 0.1) is 33.4 Å². The van der Waals surface area contributed by atoms with Crippen molar-refractivity contribution in [2.45, 2.75) is 33.4 Å². The predicted octanol–water partition coefficient (Wildman–Crippen LogP) is 6.15. The molecule has 0 radical (unpaired) electrons. The lowest BCUT2D eigenvalue weighted by Gasteiger charge is -2.24. The number of aromatic nitrogens is 4. The van der Waals surface area contributed by atoms with Gasteiger partial charge < -0.3 is 9.32 Å². The third-order valence-corrected chi connectivity index (χ3v) is 6.95. The minimum atomic E-state index is -0.0901. The molecule has 0 aliphatic carbocycles. The highest BCUT2D eigenvalue weighted by Crippen LogP contribution is 2.32. The first-order valence-electron chi connectivity index (χ1n) is 10.8. The van der Waals surface area contributed by atoms with Gasteiger partial charge in [-0.1, -0.05) is 41.9 Å². The fourth-order valence-electron chi connectivity index (χ4n) is 3.73. The first kappa shape index (κ1) is 22.3. The zero-order chi connectivity index (χ0) is 23.8. The van der Waals surface area contributed by atoms with E-state index in [-0.39, 0.29) is 18.5 Å². The van der Waals surface area contributed by atoms with Crippen LogP contribution in [0.2, 0.25) is 5.02 Å². The maximum absolute atomic E-state index is 13.5. The van der Waals surface area contributed by atoms with Crippen molar-refractivity contribution in [1.29, 1.82) is 0 Å². The molecule has 0 saturated carbocycles. The summed E-state index contributed by atoms with van der Waals surface area (Å²) >= 11 is 7.69. The Kier molecular flexibility index (Phi) is 5.93. The Bertz CT molecular complexity index is 1470. The molecule has 1 amide bonds. The van der Waals surface area contributed by atoms with E-state index in [1.807, 2.05) is 80.1 Å². The monoisotopic (exact) mass is 491 g/mol. The number of carbonyl (C=O) groups is 1. The van der Waals surface area contributed by atoms with Crippen molar-refractivity contribution < 1.29 is 9.21 Å². The Morgan fingerprint density at radius 1 is 1.12 bits per heavy atom. The third-order valence-electron chi connectivity index (χ3n) is 5.52. The fourth-order valence-corrected chi connectivity index (χ4v) is 5.09. The number of aryl methyl sites for hydroxylation is 1. The fraction of sp³-hybridized carbons (Fsp3) is 0.200. The van der Waals surface area contributed by atoms with Crippen molar-refractivity contribution in [2.24, 2.45) is 0 Å². The number of thiophene rings is 1. The molecule has 2 aromatic carbocycles. The minimum Gasteiger partial charge on any atom is -0.419 e. The maximum atomic E-state index is 13.5. The second-order valence-electron chi connectivity index (χ2n) is 8.17. The lowest BCUT2D eigenvalue weighted by Crippen LogP contribution is -2.36. The van der Waals surface area contributed by atoms with Gasteiger partial charge in [0.25, 0.3) is 5.91 Å². The van der Waals surface area contributed by atoms with Crippen molar-refractivity contribution in [3.8, 4) is 17.1 Å². The molecule has 9 heteroatoms. The number of rotatable bonds is 6. The molecule has 5 aromatic rings. The van der Waals surface area contributed by atoms with Gasteiger partial charge in [-0.2, -0.15) is 5.10 Å². The molecular formula is C25H22ClN5O2S. The van der Waals surface area contributed by atoms with Crippen molar-refractivity contribution in [1.82, 2.24) is 24.9 Å². The van der Waals surface area contributed by atoms with Crippen LogP contribution in [-0.2, 0) is 6.54 Å². The van der Waals surface area contributed by atoms with E-state index in [0.717, 1.165) is 21.6 Å². The molecule has 0 aliphatic heterocycles. The number of para-hydroxylation sites is 1. The molecular weight excluding hydrogens is 470 g/mol. The summed E-state index contributed by atoms with van der Waals surface area (Å²) in [5, 5.41) is 14.4. The number of benzene rings is 2. The summed E-state index contributed by atoms with van der Waals surface area (Å²) in [6.07, 6.45) is 0. The summed E-state index contributed by atoms with van der Waals surface area (Å²) in [6.45, 7) is 6.09. The van der Waals surface area contributed by atoms with Crippen LogP contribution in [0.5, 0.6) is 0 Å². The van der Waals surface area contributed by atoms with Gasteiger partial charge in [-0.25, -0.2) is 4.68 Å². The Balaban J connectivity index is 1.44. The second kappa shape index (κ2) is 9.04. The largest absolute Gasteiger partial charge is 0.419 e. The van der Waals surface area contributed by atoms with Gasteiger partial charge in [0.2, 0.25) is 11.8 Å². The van der Waals surface area contributed by atoms with Gasteiger partial charge in [0.1, 0.15) is 4.83 Å². The van der Waals surface area contributed by atoms with Crippen molar-refractivity contribution in [3.05, 3.63) is 82.1 Å². The van der Waals surface area contributed by atoms with Crippen LogP contribution >= 0.6 is 22.9 Å². The Labute approximate surface area is 205 Å². The topological polar surface area (TPSA) is 77.1 Å². The van der Waals surface area contributed by atoms with Gasteiger partial charge >= 0.3 is 0 Å². The lowest BCUT2D eigenvalue weighted by atomic mass is 10.2. The molecule has 0 atom stereocenters. The average molecular weight is 492 g/mol. The molecule has 0 bridgehead atoms. The van der Waals surface area contributed by atoms with Crippen LogP contribution < -0.4 is 0 Å². The molecule has 172 valence electrons. The minimum absolute atomic E-state index is 0.0694. The molecule has 0 fully saturated rings. The molecule has 5 rings (SSSR count). The average Bonchev–Trinajstić information content (AvgIpc) is 3.55. The number of nitrogens with zero attached hydrogens (tertiary/aromatic N) is 5. The Hall–Kier alpha value is -3.49. The van der Waals surface area contributed by atoms with Gasteiger partial charge in [-0.3, -0.25) is 4.79 Å². The van der Waals surface area contributed by atoms with Crippen molar-refractivity contribution in [2.75, 3.05) is 0 Å². The zero-order valence-corrected chi connectivity index (χ0v) is 20.5. The van der Waals surface area contributed by atoms with Gasteiger partial charge in [0.15, 0.2) is 0 Å². The normalized spacial score (nSPS) is 11.4.